The molecule has 0 atom stereocenters. The summed E-state index contributed by atoms with van der Waals surface area (Å²) in [5.74, 6) is 0.0119. The highest BCUT2D eigenvalue weighted by atomic mass is 16.6. The summed E-state index contributed by atoms with van der Waals surface area (Å²) in [5, 5.41) is 20.1. The summed E-state index contributed by atoms with van der Waals surface area (Å²) in [6, 6.07) is 6.38. The number of anilines is 1. The zero-order chi connectivity index (χ0) is 16.1. The van der Waals surface area contributed by atoms with Gasteiger partial charge in [0.15, 0.2) is 0 Å². The number of methoxy groups -OCH3 is 1. The molecule has 0 aliphatic carbocycles. The van der Waals surface area contributed by atoms with Gasteiger partial charge in [-0.15, -0.1) is 0 Å². The Morgan fingerprint density at radius 1 is 1.50 bits per heavy atom. The molecule has 22 heavy (non-hydrogen) atoms. The first kappa shape index (κ1) is 15.8. The van der Waals surface area contributed by atoms with Gasteiger partial charge in [-0.2, -0.15) is 5.26 Å². The summed E-state index contributed by atoms with van der Waals surface area (Å²) in [6.45, 7) is 1.24. The quantitative estimate of drug-likeness (QED) is 0.481. The van der Waals surface area contributed by atoms with E-state index in [2.05, 4.69) is 4.74 Å². The van der Waals surface area contributed by atoms with E-state index >= 15 is 0 Å². The first-order chi connectivity index (χ1) is 10.5. The van der Waals surface area contributed by atoms with Crippen molar-refractivity contribution in [2.45, 2.75) is 19.3 Å². The largest absolute Gasteiger partial charge is 0.469 e. The summed E-state index contributed by atoms with van der Waals surface area (Å²) in [4.78, 5) is 23.9. The monoisotopic (exact) mass is 303 g/mol. The minimum absolute atomic E-state index is 0.00502. The van der Waals surface area contributed by atoms with E-state index in [0.717, 1.165) is 12.8 Å². The number of carbonyl (C=O) groups is 1. The molecule has 0 radical (unpaired) electrons. The van der Waals surface area contributed by atoms with Gasteiger partial charge in [0, 0.05) is 25.6 Å². The standard InChI is InChI=1S/C15H17N3O4/c1-22-15(19)9-11-4-6-17(7-5-11)14-8-12(10-16)2-3-13(14)18(20)21/h2-3,8,11H,4-7,9H2,1H3. The molecule has 0 bridgehead atoms. The topological polar surface area (TPSA) is 96.5 Å². The Bertz CT molecular complexity index is 616. The molecule has 0 amide bonds. The Hall–Kier alpha value is -2.62. The number of benzene rings is 1. The first-order valence-corrected chi connectivity index (χ1v) is 7.05. The fourth-order valence-electron chi connectivity index (χ4n) is 2.70. The van der Waals surface area contributed by atoms with E-state index in [1.807, 2.05) is 11.0 Å². The summed E-state index contributed by atoms with van der Waals surface area (Å²) < 4.78 is 4.67. The number of ether oxygens (including phenoxy) is 1. The second kappa shape index (κ2) is 6.89. The molecule has 0 saturated carbocycles. The number of hydrogen-bond acceptors (Lipinski definition) is 6. The Morgan fingerprint density at radius 2 is 2.18 bits per heavy atom. The van der Waals surface area contributed by atoms with Crippen molar-refractivity contribution in [3.8, 4) is 6.07 Å². The van der Waals surface area contributed by atoms with Gasteiger partial charge in [0.2, 0.25) is 0 Å². The smallest absolute Gasteiger partial charge is 0.305 e. The fraction of sp³-hybridized carbons (Fsp3) is 0.467. The van der Waals surface area contributed by atoms with Gasteiger partial charge in [0.25, 0.3) is 5.69 Å². The SMILES string of the molecule is COC(=O)CC1CCN(c2cc(C#N)ccc2[N+](=O)[O-])CC1. The van der Waals surface area contributed by atoms with Crippen LogP contribution in [-0.4, -0.2) is 31.1 Å². The predicted molar refractivity (Wildman–Crippen MR) is 79.4 cm³/mol. The van der Waals surface area contributed by atoms with Crippen molar-refractivity contribution in [2.24, 2.45) is 5.92 Å². The lowest BCUT2D eigenvalue weighted by molar-refractivity contribution is -0.384. The third-order valence-electron chi connectivity index (χ3n) is 3.94. The molecule has 116 valence electrons. The van der Waals surface area contributed by atoms with Crippen LogP contribution in [0.3, 0.4) is 0 Å². The highest BCUT2D eigenvalue weighted by Gasteiger charge is 2.26. The molecule has 0 aromatic heterocycles. The van der Waals surface area contributed by atoms with Gasteiger partial charge in [0.05, 0.1) is 23.7 Å². The van der Waals surface area contributed by atoms with Crippen LogP contribution in [0.4, 0.5) is 11.4 Å². The van der Waals surface area contributed by atoms with Crippen molar-refractivity contribution in [3.63, 3.8) is 0 Å². The third-order valence-corrected chi connectivity index (χ3v) is 3.94. The van der Waals surface area contributed by atoms with Crippen molar-refractivity contribution in [2.75, 3.05) is 25.1 Å². The minimum atomic E-state index is -0.434. The molecule has 1 aromatic carbocycles. The van der Waals surface area contributed by atoms with Gasteiger partial charge in [-0.25, -0.2) is 0 Å². The van der Waals surface area contributed by atoms with Crippen molar-refractivity contribution in [1.29, 1.82) is 5.26 Å². The maximum Gasteiger partial charge on any atom is 0.305 e. The van der Waals surface area contributed by atoms with Crippen LogP contribution in [0.25, 0.3) is 0 Å². The number of nitro benzene ring substituents is 1. The average Bonchev–Trinajstić information content (AvgIpc) is 2.54. The van der Waals surface area contributed by atoms with E-state index in [9.17, 15) is 14.9 Å². The van der Waals surface area contributed by atoms with Gasteiger partial charge >= 0.3 is 5.97 Å². The third kappa shape index (κ3) is 3.52. The van der Waals surface area contributed by atoms with Crippen LogP contribution in [0.2, 0.25) is 0 Å². The van der Waals surface area contributed by atoms with Crippen LogP contribution in [0.15, 0.2) is 18.2 Å². The highest BCUT2D eigenvalue weighted by Crippen LogP contribution is 2.33. The van der Waals surface area contributed by atoms with Gasteiger partial charge in [0.1, 0.15) is 5.69 Å². The second-order valence-corrected chi connectivity index (χ2v) is 5.28. The van der Waals surface area contributed by atoms with Gasteiger partial charge in [-0.1, -0.05) is 0 Å². The molecule has 7 nitrogen and oxygen atoms in total. The summed E-state index contributed by atoms with van der Waals surface area (Å²) >= 11 is 0. The molecule has 2 rings (SSSR count). The lowest BCUT2D eigenvalue weighted by Crippen LogP contribution is -2.34. The highest BCUT2D eigenvalue weighted by molar-refractivity contribution is 5.69. The van der Waals surface area contributed by atoms with Crippen molar-refractivity contribution >= 4 is 17.3 Å². The fourth-order valence-corrected chi connectivity index (χ4v) is 2.70. The molecule has 0 spiro atoms. The lowest BCUT2D eigenvalue weighted by Gasteiger charge is -2.32. The number of hydrogen-bond donors (Lipinski definition) is 0. The average molecular weight is 303 g/mol. The number of carbonyl (C=O) groups excluding carboxylic acids is 1. The Labute approximate surface area is 128 Å². The van der Waals surface area contributed by atoms with Crippen LogP contribution in [0.1, 0.15) is 24.8 Å². The van der Waals surface area contributed by atoms with Crippen LogP contribution in [-0.2, 0) is 9.53 Å². The number of nitro groups is 1. The van der Waals surface area contributed by atoms with E-state index in [4.69, 9.17) is 5.26 Å². The number of rotatable bonds is 4. The van der Waals surface area contributed by atoms with E-state index in [0.29, 0.717) is 30.8 Å². The van der Waals surface area contributed by atoms with E-state index in [1.165, 1.54) is 19.2 Å². The number of piperidine rings is 1. The van der Waals surface area contributed by atoms with Crippen LogP contribution in [0.5, 0.6) is 0 Å². The zero-order valence-electron chi connectivity index (χ0n) is 12.3. The summed E-state index contributed by atoms with van der Waals surface area (Å²) in [6.07, 6.45) is 1.91. The van der Waals surface area contributed by atoms with E-state index in [-0.39, 0.29) is 17.6 Å². The molecule has 7 heteroatoms. The van der Waals surface area contributed by atoms with Crippen molar-refractivity contribution in [3.05, 3.63) is 33.9 Å². The molecular weight excluding hydrogens is 286 g/mol. The van der Waals surface area contributed by atoms with Crippen LogP contribution in [0, 0.1) is 27.4 Å². The van der Waals surface area contributed by atoms with Crippen molar-refractivity contribution < 1.29 is 14.5 Å². The van der Waals surface area contributed by atoms with E-state index in [1.54, 1.807) is 6.07 Å². The number of esters is 1. The molecule has 1 aliphatic heterocycles. The normalized spacial score (nSPS) is 15.2. The molecule has 1 fully saturated rings. The van der Waals surface area contributed by atoms with E-state index < -0.39 is 4.92 Å². The van der Waals surface area contributed by atoms with Gasteiger partial charge in [-0.3, -0.25) is 14.9 Å². The Kier molecular flexibility index (Phi) is 4.94. The van der Waals surface area contributed by atoms with Gasteiger partial charge < -0.3 is 9.64 Å². The molecule has 0 N–H and O–H groups in total. The van der Waals surface area contributed by atoms with Crippen LogP contribution >= 0.6 is 0 Å². The molecule has 1 saturated heterocycles. The summed E-state index contributed by atoms with van der Waals surface area (Å²) in [5.41, 5.74) is 0.878. The minimum Gasteiger partial charge on any atom is -0.469 e. The number of nitrogens with zero attached hydrogens (tertiary/aromatic N) is 3. The van der Waals surface area contributed by atoms with Gasteiger partial charge in [-0.05, 0) is 30.9 Å². The number of nitriles is 1. The lowest BCUT2D eigenvalue weighted by atomic mass is 9.93. The molecule has 1 aliphatic rings. The predicted octanol–water partition coefficient (Wildman–Crippen LogP) is 2.25. The maximum atomic E-state index is 11.3. The van der Waals surface area contributed by atoms with Crippen molar-refractivity contribution in [1.82, 2.24) is 0 Å². The molecule has 0 unspecified atom stereocenters. The molecular formula is C15H17N3O4. The summed E-state index contributed by atoms with van der Waals surface area (Å²) in [7, 11) is 1.37. The maximum absolute atomic E-state index is 11.3. The Morgan fingerprint density at radius 3 is 2.73 bits per heavy atom. The van der Waals surface area contributed by atoms with Crippen LogP contribution < -0.4 is 4.90 Å². The first-order valence-electron chi connectivity index (χ1n) is 7.05. The molecule has 1 heterocycles. The Balaban J connectivity index is 2.12. The second-order valence-electron chi connectivity index (χ2n) is 5.28. The zero-order valence-corrected chi connectivity index (χ0v) is 12.3. The molecule has 1 aromatic rings.